The summed E-state index contributed by atoms with van der Waals surface area (Å²) in [7, 11) is 1.67. The van der Waals surface area contributed by atoms with E-state index in [1.54, 1.807) is 13.2 Å². The van der Waals surface area contributed by atoms with Gasteiger partial charge in [-0.05, 0) is 43.5 Å². The summed E-state index contributed by atoms with van der Waals surface area (Å²) in [5.74, 6) is 1.68. The predicted molar refractivity (Wildman–Crippen MR) is 76.0 cm³/mol. The fourth-order valence-electron chi connectivity index (χ4n) is 2.79. The Balaban J connectivity index is 1.89. The normalized spacial score (nSPS) is 16.0. The van der Waals surface area contributed by atoms with Crippen LogP contribution >= 0.6 is 0 Å². The molecule has 0 heterocycles. The van der Waals surface area contributed by atoms with Gasteiger partial charge in [0.1, 0.15) is 5.75 Å². The first kappa shape index (κ1) is 13.9. The number of ether oxygens (including phenoxy) is 1. The van der Waals surface area contributed by atoms with Gasteiger partial charge in [-0.25, -0.2) is 0 Å². The third kappa shape index (κ3) is 3.97. The molecule has 1 aromatic carbocycles. The van der Waals surface area contributed by atoms with E-state index in [9.17, 15) is 0 Å². The molecule has 19 heavy (non-hydrogen) atoms. The van der Waals surface area contributed by atoms with E-state index >= 15 is 0 Å². The van der Waals surface area contributed by atoms with Crippen molar-refractivity contribution in [2.75, 3.05) is 13.7 Å². The first-order chi connectivity index (χ1) is 9.33. The Bertz CT molecular complexity index is 445. The maximum absolute atomic E-state index is 8.94. The van der Waals surface area contributed by atoms with E-state index < -0.39 is 0 Å². The smallest absolute Gasteiger partial charge is 0.123 e. The highest BCUT2D eigenvalue weighted by Crippen LogP contribution is 2.23. The molecule has 0 atom stereocenters. The van der Waals surface area contributed by atoms with Crippen LogP contribution in [0.3, 0.4) is 0 Å². The highest BCUT2D eigenvalue weighted by Gasteiger charge is 2.13. The minimum atomic E-state index is 0.690. The first-order valence-electron chi connectivity index (χ1n) is 7.11. The number of methoxy groups -OCH3 is 1. The minimum Gasteiger partial charge on any atom is -0.496 e. The van der Waals surface area contributed by atoms with Gasteiger partial charge in [0.25, 0.3) is 0 Å². The summed E-state index contributed by atoms with van der Waals surface area (Å²) in [5, 5.41) is 12.5. The third-order valence-electron chi connectivity index (χ3n) is 3.88. The molecule has 0 radical (unpaired) electrons. The number of nitrogens with zero attached hydrogens (tertiary/aromatic N) is 1. The van der Waals surface area contributed by atoms with Crippen molar-refractivity contribution in [2.45, 2.75) is 38.6 Å². The van der Waals surface area contributed by atoms with Crippen LogP contribution in [0.1, 0.15) is 43.2 Å². The zero-order chi connectivity index (χ0) is 13.5. The van der Waals surface area contributed by atoms with Gasteiger partial charge in [-0.2, -0.15) is 5.26 Å². The third-order valence-corrected chi connectivity index (χ3v) is 3.88. The molecule has 1 aliphatic carbocycles. The average Bonchev–Trinajstić information content (AvgIpc) is 2.48. The van der Waals surface area contributed by atoms with E-state index in [4.69, 9.17) is 10.00 Å². The van der Waals surface area contributed by atoms with Gasteiger partial charge in [-0.3, -0.25) is 0 Å². The van der Waals surface area contributed by atoms with Gasteiger partial charge in [0, 0.05) is 12.1 Å². The van der Waals surface area contributed by atoms with E-state index in [1.807, 2.05) is 12.1 Å². The van der Waals surface area contributed by atoms with Gasteiger partial charge in [0.15, 0.2) is 0 Å². The Hall–Kier alpha value is -1.53. The summed E-state index contributed by atoms with van der Waals surface area (Å²) in [4.78, 5) is 0. The van der Waals surface area contributed by atoms with Crippen molar-refractivity contribution in [1.82, 2.24) is 5.32 Å². The van der Waals surface area contributed by atoms with Gasteiger partial charge in [-0.15, -0.1) is 0 Å². The van der Waals surface area contributed by atoms with Crippen LogP contribution in [0.4, 0.5) is 0 Å². The SMILES string of the molecule is COc1ccc(C#N)cc1CNCC1CCCCC1. The van der Waals surface area contributed by atoms with Gasteiger partial charge in [0.05, 0.1) is 18.7 Å². The number of benzene rings is 1. The van der Waals surface area contributed by atoms with E-state index in [0.29, 0.717) is 5.56 Å². The van der Waals surface area contributed by atoms with Crippen molar-refractivity contribution in [3.8, 4) is 11.8 Å². The van der Waals surface area contributed by atoms with Crippen LogP contribution in [0.2, 0.25) is 0 Å². The number of rotatable bonds is 5. The molecule has 1 saturated carbocycles. The van der Waals surface area contributed by atoms with E-state index in [-0.39, 0.29) is 0 Å². The molecule has 3 heteroatoms. The number of nitrogens with one attached hydrogen (secondary N) is 1. The molecule has 0 aromatic heterocycles. The summed E-state index contributed by atoms with van der Waals surface area (Å²) in [6.07, 6.45) is 6.85. The fraction of sp³-hybridized carbons (Fsp3) is 0.562. The summed E-state index contributed by atoms with van der Waals surface area (Å²) < 4.78 is 5.34. The molecule has 1 fully saturated rings. The largest absolute Gasteiger partial charge is 0.496 e. The lowest BCUT2D eigenvalue weighted by molar-refractivity contribution is 0.340. The molecule has 1 aromatic rings. The topological polar surface area (TPSA) is 45.0 Å². The van der Waals surface area contributed by atoms with Crippen molar-refractivity contribution in [2.24, 2.45) is 5.92 Å². The van der Waals surface area contributed by atoms with Gasteiger partial charge >= 0.3 is 0 Å². The summed E-state index contributed by atoms with van der Waals surface area (Å²) in [5.41, 5.74) is 1.76. The van der Waals surface area contributed by atoms with Crippen molar-refractivity contribution in [3.63, 3.8) is 0 Å². The highest BCUT2D eigenvalue weighted by atomic mass is 16.5. The van der Waals surface area contributed by atoms with Crippen molar-refractivity contribution in [3.05, 3.63) is 29.3 Å². The Kier molecular flexibility index (Phi) is 5.23. The molecule has 0 saturated heterocycles. The second-order valence-electron chi connectivity index (χ2n) is 5.27. The van der Waals surface area contributed by atoms with Crippen LogP contribution in [0, 0.1) is 17.2 Å². The van der Waals surface area contributed by atoms with E-state index in [0.717, 1.165) is 30.3 Å². The average molecular weight is 258 g/mol. The Labute approximate surface area is 115 Å². The van der Waals surface area contributed by atoms with Crippen molar-refractivity contribution < 1.29 is 4.74 Å². The van der Waals surface area contributed by atoms with Crippen molar-refractivity contribution in [1.29, 1.82) is 5.26 Å². The molecule has 0 amide bonds. The molecule has 0 unspecified atom stereocenters. The first-order valence-corrected chi connectivity index (χ1v) is 7.11. The summed E-state index contributed by atoms with van der Waals surface area (Å²) >= 11 is 0. The predicted octanol–water partition coefficient (Wildman–Crippen LogP) is 3.24. The van der Waals surface area contributed by atoms with Crippen LogP contribution in [0.5, 0.6) is 5.75 Å². The van der Waals surface area contributed by atoms with Crippen LogP contribution in [-0.2, 0) is 6.54 Å². The lowest BCUT2D eigenvalue weighted by Gasteiger charge is -2.22. The molecule has 1 N–H and O–H groups in total. The molecule has 3 nitrogen and oxygen atoms in total. The number of hydrogen-bond donors (Lipinski definition) is 1. The quantitative estimate of drug-likeness (QED) is 0.882. The molecule has 0 spiro atoms. The van der Waals surface area contributed by atoms with Gasteiger partial charge < -0.3 is 10.1 Å². The molecule has 2 rings (SSSR count). The van der Waals surface area contributed by atoms with E-state index in [1.165, 1.54) is 32.1 Å². The Morgan fingerprint density at radius 1 is 1.32 bits per heavy atom. The van der Waals surface area contributed by atoms with Crippen LogP contribution in [0.15, 0.2) is 18.2 Å². The number of nitriles is 1. The van der Waals surface area contributed by atoms with Gasteiger partial charge in [0.2, 0.25) is 0 Å². The molecule has 0 aliphatic heterocycles. The summed E-state index contributed by atoms with van der Waals surface area (Å²) in [6.45, 7) is 1.84. The van der Waals surface area contributed by atoms with Crippen LogP contribution in [0.25, 0.3) is 0 Å². The fourth-order valence-corrected chi connectivity index (χ4v) is 2.79. The lowest BCUT2D eigenvalue weighted by atomic mass is 9.89. The van der Waals surface area contributed by atoms with Crippen LogP contribution < -0.4 is 10.1 Å². The zero-order valence-corrected chi connectivity index (χ0v) is 11.6. The van der Waals surface area contributed by atoms with Crippen molar-refractivity contribution >= 4 is 0 Å². The monoisotopic (exact) mass is 258 g/mol. The maximum Gasteiger partial charge on any atom is 0.123 e. The highest BCUT2D eigenvalue weighted by molar-refractivity contribution is 5.41. The Morgan fingerprint density at radius 3 is 2.79 bits per heavy atom. The van der Waals surface area contributed by atoms with E-state index in [2.05, 4.69) is 11.4 Å². The maximum atomic E-state index is 8.94. The number of hydrogen-bond acceptors (Lipinski definition) is 3. The zero-order valence-electron chi connectivity index (χ0n) is 11.6. The molecule has 0 bridgehead atoms. The Morgan fingerprint density at radius 2 is 2.11 bits per heavy atom. The second-order valence-corrected chi connectivity index (χ2v) is 5.27. The minimum absolute atomic E-state index is 0.690. The standard InChI is InChI=1S/C16H22N2O/c1-19-16-8-7-14(10-17)9-15(16)12-18-11-13-5-3-2-4-6-13/h7-9,13,18H,2-6,11-12H2,1H3. The summed E-state index contributed by atoms with van der Waals surface area (Å²) in [6, 6.07) is 7.75. The molecule has 1 aliphatic rings. The van der Waals surface area contributed by atoms with Gasteiger partial charge in [-0.1, -0.05) is 19.3 Å². The molecule has 102 valence electrons. The van der Waals surface area contributed by atoms with Crippen LogP contribution in [-0.4, -0.2) is 13.7 Å². The molecular weight excluding hydrogens is 236 g/mol. The lowest BCUT2D eigenvalue weighted by Crippen LogP contribution is -2.24. The second kappa shape index (κ2) is 7.16. The molecular formula is C16H22N2O.